The number of benzene rings is 1. The molecule has 5 nitrogen and oxygen atoms in total. The van der Waals surface area contributed by atoms with Crippen molar-refractivity contribution in [3.05, 3.63) is 23.8 Å². The first-order chi connectivity index (χ1) is 11.1. The molecule has 1 aliphatic rings. The van der Waals surface area contributed by atoms with Crippen molar-refractivity contribution in [3.63, 3.8) is 0 Å². The van der Waals surface area contributed by atoms with Gasteiger partial charge < -0.3 is 16.0 Å². The molecule has 24 heavy (non-hydrogen) atoms. The summed E-state index contributed by atoms with van der Waals surface area (Å²) < 4.78 is 0. The van der Waals surface area contributed by atoms with E-state index in [4.69, 9.17) is 0 Å². The predicted molar refractivity (Wildman–Crippen MR) is 101 cm³/mol. The fraction of sp³-hybridized carbons (Fsp3) is 0.556. The van der Waals surface area contributed by atoms with E-state index >= 15 is 0 Å². The molecule has 1 unspecified atom stereocenters. The molecule has 1 saturated heterocycles. The molecule has 2 amide bonds. The fourth-order valence-corrected chi connectivity index (χ4v) is 2.86. The van der Waals surface area contributed by atoms with Crippen molar-refractivity contribution >= 4 is 35.6 Å². The predicted octanol–water partition coefficient (Wildman–Crippen LogP) is 3.48. The maximum atomic E-state index is 12.1. The maximum Gasteiger partial charge on any atom is 0.224 e. The number of anilines is 2. The summed E-state index contributed by atoms with van der Waals surface area (Å²) in [6, 6.07) is 5.59. The third-order valence-corrected chi connectivity index (χ3v) is 4.30. The van der Waals surface area contributed by atoms with Gasteiger partial charge in [0.2, 0.25) is 11.8 Å². The van der Waals surface area contributed by atoms with E-state index in [-0.39, 0.29) is 24.2 Å². The van der Waals surface area contributed by atoms with Gasteiger partial charge in [0.15, 0.2) is 0 Å². The van der Waals surface area contributed by atoms with Crippen LogP contribution < -0.4 is 16.0 Å². The lowest BCUT2D eigenvalue weighted by Crippen LogP contribution is -2.16. The summed E-state index contributed by atoms with van der Waals surface area (Å²) in [7, 11) is 0. The van der Waals surface area contributed by atoms with Crippen LogP contribution in [0, 0.1) is 12.8 Å². The Morgan fingerprint density at radius 1 is 1.17 bits per heavy atom. The van der Waals surface area contributed by atoms with Crippen molar-refractivity contribution in [2.75, 3.05) is 23.7 Å². The minimum Gasteiger partial charge on any atom is -0.326 e. The second-order valence-electron chi connectivity index (χ2n) is 6.22. The van der Waals surface area contributed by atoms with Crippen LogP contribution in [-0.2, 0) is 9.59 Å². The van der Waals surface area contributed by atoms with E-state index in [9.17, 15) is 9.59 Å². The van der Waals surface area contributed by atoms with Crippen molar-refractivity contribution in [1.82, 2.24) is 5.32 Å². The van der Waals surface area contributed by atoms with E-state index in [1.165, 1.54) is 0 Å². The largest absolute Gasteiger partial charge is 0.326 e. The zero-order chi connectivity index (χ0) is 16.7. The molecule has 0 bridgehead atoms. The molecule has 6 heteroatoms. The second-order valence-corrected chi connectivity index (χ2v) is 6.22. The minimum absolute atomic E-state index is 0. The fourth-order valence-electron chi connectivity index (χ4n) is 2.86. The second kappa shape index (κ2) is 10.3. The molecular weight excluding hydrogens is 326 g/mol. The number of nitrogens with one attached hydrogen (secondary N) is 3. The van der Waals surface area contributed by atoms with Gasteiger partial charge in [0.25, 0.3) is 0 Å². The van der Waals surface area contributed by atoms with Gasteiger partial charge in [-0.2, -0.15) is 0 Å². The van der Waals surface area contributed by atoms with Crippen LogP contribution in [0.2, 0.25) is 0 Å². The Bertz CT molecular complexity index is 557. The lowest BCUT2D eigenvalue weighted by molar-refractivity contribution is -0.117. The Labute approximate surface area is 150 Å². The zero-order valence-corrected chi connectivity index (χ0v) is 15.3. The molecule has 0 radical (unpaired) electrons. The number of hydrogen-bond acceptors (Lipinski definition) is 3. The van der Waals surface area contributed by atoms with E-state index in [1.54, 1.807) is 0 Å². The highest BCUT2D eigenvalue weighted by atomic mass is 35.5. The van der Waals surface area contributed by atoms with E-state index in [1.807, 2.05) is 32.0 Å². The van der Waals surface area contributed by atoms with E-state index in [0.717, 1.165) is 49.3 Å². The van der Waals surface area contributed by atoms with Gasteiger partial charge >= 0.3 is 0 Å². The zero-order valence-electron chi connectivity index (χ0n) is 14.5. The summed E-state index contributed by atoms with van der Waals surface area (Å²) >= 11 is 0. The molecule has 3 N–H and O–H groups in total. The Hall–Kier alpha value is -1.59. The molecule has 0 spiro atoms. The van der Waals surface area contributed by atoms with Gasteiger partial charge in [0, 0.05) is 24.2 Å². The maximum absolute atomic E-state index is 12.1. The van der Waals surface area contributed by atoms with Gasteiger partial charge in [-0.1, -0.05) is 13.0 Å². The molecule has 1 fully saturated rings. The van der Waals surface area contributed by atoms with Crippen LogP contribution in [0.25, 0.3) is 0 Å². The number of carbonyl (C=O) groups is 2. The molecule has 0 aliphatic carbocycles. The first-order valence-electron chi connectivity index (χ1n) is 8.50. The number of amides is 2. The summed E-state index contributed by atoms with van der Waals surface area (Å²) in [4.78, 5) is 23.9. The van der Waals surface area contributed by atoms with Crippen molar-refractivity contribution in [3.8, 4) is 0 Å². The van der Waals surface area contributed by atoms with Crippen LogP contribution in [0.15, 0.2) is 18.2 Å². The molecule has 1 aromatic carbocycles. The Kier molecular flexibility index (Phi) is 8.79. The first kappa shape index (κ1) is 20.5. The van der Waals surface area contributed by atoms with Crippen LogP contribution in [0.5, 0.6) is 0 Å². The minimum atomic E-state index is 0. The summed E-state index contributed by atoms with van der Waals surface area (Å²) in [5, 5.41) is 9.19. The highest BCUT2D eigenvalue weighted by molar-refractivity contribution is 5.95. The molecule has 0 aromatic heterocycles. The molecule has 134 valence electrons. The van der Waals surface area contributed by atoms with Crippen LogP contribution in [-0.4, -0.2) is 24.9 Å². The van der Waals surface area contributed by atoms with Crippen LogP contribution in [0.4, 0.5) is 11.4 Å². The average molecular weight is 354 g/mol. The van der Waals surface area contributed by atoms with Gasteiger partial charge in [-0.3, -0.25) is 9.59 Å². The average Bonchev–Trinajstić information content (AvgIpc) is 3.03. The first-order valence-corrected chi connectivity index (χ1v) is 8.50. The normalized spacial score (nSPS) is 16.3. The van der Waals surface area contributed by atoms with Gasteiger partial charge in [0.05, 0.1) is 0 Å². The molecular formula is C18H28ClN3O2. The van der Waals surface area contributed by atoms with Gasteiger partial charge in [-0.05, 0) is 62.9 Å². The molecule has 1 heterocycles. The highest BCUT2D eigenvalue weighted by Gasteiger charge is 2.16. The summed E-state index contributed by atoms with van der Waals surface area (Å²) in [5.41, 5.74) is 2.43. The molecule has 0 saturated carbocycles. The van der Waals surface area contributed by atoms with Crippen molar-refractivity contribution in [2.45, 2.75) is 46.0 Å². The molecule has 1 atom stereocenters. The summed E-state index contributed by atoms with van der Waals surface area (Å²) in [5.74, 6) is 0.659. The van der Waals surface area contributed by atoms with Crippen molar-refractivity contribution < 1.29 is 9.59 Å². The van der Waals surface area contributed by atoms with Gasteiger partial charge in [0.1, 0.15) is 0 Å². The topological polar surface area (TPSA) is 70.2 Å². The smallest absolute Gasteiger partial charge is 0.224 e. The lowest BCUT2D eigenvalue weighted by Gasteiger charge is -2.14. The third-order valence-electron chi connectivity index (χ3n) is 4.30. The van der Waals surface area contributed by atoms with E-state index in [0.29, 0.717) is 18.8 Å². The van der Waals surface area contributed by atoms with Crippen LogP contribution >= 0.6 is 12.4 Å². The summed E-state index contributed by atoms with van der Waals surface area (Å²) in [6.07, 6.45) is 3.94. The Morgan fingerprint density at radius 2 is 1.79 bits per heavy atom. The quantitative estimate of drug-likeness (QED) is 0.702. The third kappa shape index (κ3) is 6.13. The van der Waals surface area contributed by atoms with E-state index < -0.39 is 0 Å². The van der Waals surface area contributed by atoms with Crippen LogP contribution in [0.3, 0.4) is 0 Å². The van der Waals surface area contributed by atoms with Crippen molar-refractivity contribution in [1.29, 1.82) is 0 Å². The monoisotopic (exact) mass is 353 g/mol. The van der Waals surface area contributed by atoms with Crippen molar-refractivity contribution in [2.24, 2.45) is 5.92 Å². The Morgan fingerprint density at radius 3 is 2.33 bits per heavy atom. The lowest BCUT2D eigenvalue weighted by atomic mass is 10.0. The number of rotatable bonds is 7. The van der Waals surface area contributed by atoms with Crippen LogP contribution in [0.1, 0.15) is 44.6 Å². The number of carbonyl (C=O) groups excluding carboxylic acids is 2. The summed E-state index contributed by atoms with van der Waals surface area (Å²) in [6.45, 7) is 5.97. The standard InChI is InChI=1S/C18H27N3O2.ClH/c1-3-5-17(22)20-15-6-4-7-16(13(15)2)21-18(23)9-8-14-10-11-19-12-14;/h4,6-7,14,19H,3,5,8-12H2,1-2H3,(H,20,22)(H,21,23);1H. The van der Waals surface area contributed by atoms with Gasteiger partial charge in [-0.25, -0.2) is 0 Å². The van der Waals surface area contributed by atoms with E-state index in [2.05, 4.69) is 16.0 Å². The SMILES string of the molecule is CCCC(=O)Nc1cccc(NC(=O)CCC2CCNC2)c1C.Cl. The number of halogens is 1. The van der Waals surface area contributed by atoms with Gasteiger partial charge in [-0.15, -0.1) is 12.4 Å². The number of hydrogen-bond donors (Lipinski definition) is 3. The Balaban J connectivity index is 0.00000288. The highest BCUT2D eigenvalue weighted by Crippen LogP contribution is 2.24. The molecule has 1 aromatic rings. The molecule has 2 rings (SSSR count). The molecule has 1 aliphatic heterocycles.